The molecule has 1 aliphatic carbocycles. The highest BCUT2D eigenvalue weighted by molar-refractivity contribution is 7.80. The van der Waals surface area contributed by atoms with Crippen LogP contribution < -0.4 is 10.6 Å². The third-order valence-electron chi connectivity index (χ3n) is 5.82. The Balaban J connectivity index is 1.45. The van der Waals surface area contributed by atoms with E-state index < -0.39 is 0 Å². The fourth-order valence-electron chi connectivity index (χ4n) is 4.21. The lowest BCUT2D eigenvalue weighted by atomic mass is 10.1. The first kappa shape index (κ1) is 21.8. The van der Waals surface area contributed by atoms with Crippen molar-refractivity contribution < 1.29 is 14.3 Å². The van der Waals surface area contributed by atoms with Gasteiger partial charge in [-0.3, -0.25) is 4.79 Å². The molecule has 1 aromatic carbocycles. The van der Waals surface area contributed by atoms with E-state index in [1.54, 1.807) is 11.3 Å². The van der Waals surface area contributed by atoms with Crippen LogP contribution in [0, 0.1) is 0 Å². The number of fused-ring (bicyclic) bond motifs is 1. The molecule has 0 saturated carbocycles. The van der Waals surface area contributed by atoms with Crippen LogP contribution in [0.2, 0.25) is 0 Å². The lowest BCUT2D eigenvalue weighted by Crippen LogP contribution is -2.27. The fourth-order valence-corrected chi connectivity index (χ4v) is 5.78. The van der Waals surface area contributed by atoms with Gasteiger partial charge in [-0.15, -0.1) is 11.3 Å². The Morgan fingerprint density at radius 2 is 1.71 bits per heavy atom. The van der Waals surface area contributed by atoms with Gasteiger partial charge in [-0.2, -0.15) is 0 Å². The predicted molar refractivity (Wildman–Crippen MR) is 128 cm³/mol. The topological polar surface area (TPSA) is 70.7 Å². The molecule has 8 heteroatoms. The van der Waals surface area contributed by atoms with Gasteiger partial charge >= 0.3 is 5.97 Å². The Bertz CT molecular complexity index is 979. The number of likely N-dealkylation sites (tertiary alicyclic amines) is 1. The van der Waals surface area contributed by atoms with Crippen LogP contribution in [0.15, 0.2) is 24.3 Å². The van der Waals surface area contributed by atoms with Crippen LogP contribution in [-0.2, 0) is 17.6 Å². The first-order valence-electron chi connectivity index (χ1n) is 10.8. The number of thiocarbonyl (C=S) groups is 1. The minimum atomic E-state index is -0.325. The number of ether oxygens (including phenoxy) is 1. The van der Waals surface area contributed by atoms with E-state index in [0.29, 0.717) is 16.2 Å². The monoisotopic (exact) mass is 457 g/mol. The number of thiophene rings is 1. The molecule has 31 heavy (non-hydrogen) atoms. The van der Waals surface area contributed by atoms with Gasteiger partial charge in [-0.1, -0.05) is 6.42 Å². The fraction of sp³-hybridized carbons (Fsp3) is 0.435. The average molecular weight is 458 g/mol. The number of carbonyl (C=O) groups excluding carboxylic acids is 2. The molecule has 0 atom stereocenters. The maximum absolute atomic E-state index is 12.5. The Kier molecular flexibility index (Phi) is 6.87. The summed E-state index contributed by atoms with van der Waals surface area (Å²) in [5.41, 5.74) is 3.18. The van der Waals surface area contributed by atoms with Gasteiger partial charge in [-0.25, -0.2) is 4.79 Å². The van der Waals surface area contributed by atoms with Crippen LogP contribution in [-0.4, -0.2) is 42.1 Å². The number of rotatable bonds is 4. The van der Waals surface area contributed by atoms with Crippen LogP contribution in [0.25, 0.3) is 0 Å². The summed E-state index contributed by atoms with van der Waals surface area (Å²) in [7, 11) is 1.41. The zero-order valence-electron chi connectivity index (χ0n) is 17.7. The summed E-state index contributed by atoms with van der Waals surface area (Å²) >= 11 is 7.09. The van der Waals surface area contributed by atoms with Crippen molar-refractivity contribution in [3.63, 3.8) is 0 Å². The molecule has 0 unspecified atom stereocenters. The molecule has 2 aliphatic rings. The lowest BCUT2D eigenvalue weighted by molar-refractivity contribution is 0.0601. The molecule has 0 spiro atoms. The Hall–Kier alpha value is -2.45. The van der Waals surface area contributed by atoms with E-state index in [-0.39, 0.29) is 11.9 Å². The molecule has 0 bridgehead atoms. The second kappa shape index (κ2) is 9.78. The normalized spacial score (nSPS) is 15.7. The molecular formula is C23H27N3O3S2. The number of nitrogens with zero attached hydrogens (tertiary/aromatic N) is 1. The zero-order valence-corrected chi connectivity index (χ0v) is 19.3. The quantitative estimate of drug-likeness (QED) is 0.389. The molecule has 164 valence electrons. The minimum Gasteiger partial charge on any atom is -0.465 e. The van der Waals surface area contributed by atoms with E-state index in [4.69, 9.17) is 17.0 Å². The van der Waals surface area contributed by atoms with Crippen molar-refractivity contribution in [3.05, 3.63) is 45.8 Å². The highest BCUT2D eigenvalue weighted by atomic mass is 32.1. The van der Waals surface area contributed by atoms with Crippen molar-refractivity contribution >= 4 is 51.2 Å². The van der Waals surface area contributed by atoms with Gasteiger partial charge < -0.3 is 20.3 Å². The van der Waals surface area contributed by atoms with E-state index in [2.05, 4.69) is 10.6 Å². The summed E-state index contributed by atoms with van der Waals surface area (Å²) < 4.78 is 5.05. The number of hydrogen-bond acceptors (Lipinski definition) is 5. The average Bonchev–Trinajstić information content (AvgIpc) is 3.36. The van der Waals surface area contributed by atoms with Crippen molar-refractivity contribution in [2.24, 2.45) is 0 Å². The van der Waals surface area contributed by atoms with Gasteiger partial charge in [0.25, 0.3) is 5.91 Å². The summed E-state index contributed by atoms with van der Waals surface area (Å²) in [4.78, 5) is 28.1. The van der Waals surface area contributed by atoms with Gasteiger partial charge in [0.2, 0.25) is 0 Å². The summed E-state index contributed by atoms with van der Waals surface area (Å²) in [5.74, 6) is -0.248. The van der Waals surface area contributed by atoms with Crippen LogP contribution in [0.1, 0.15) is 63.3 Å². The van der Waals surface area contributed by atoms with Gasteiger partial charge in [0.1, 0.15) is 5.00 Å². The van der Waals surface area contributed by atoms with Gasteiger partial charge in [0.05, 0.1) is 12.7 Å². The number of benzene rings is 1. The first-order valence-corrected chi connectivity index (χ1v) is 12.0. The molecule has 4 rings (SSSR count). The predicted octanol–water partition coefficient (Wildman–Crippen LogP) is 4.85. The number of aryl methyl sites for hydroxylation is 1. The number of carbonyl (C=O) groups is 2. The van der Waals surface area contributed by atoms with Crippen LogP contribution >= 0.6 is 23.6 Å². The highest BCUT2D eigenvalue weighted by Crippen LogP contribution is 2.38. The number of nitrogens with one attached hydrogen (secondary N) is 2. The number of methoxy groups -OCH3 is 1. The second-order valence-electron chi connectivity index (χ2n) is 7.92. The van der Waals surface area contributed by atoms with Gasteiger partial charge in [0.15, 0.2) is 5.11 Å². The molecule has 1 fully saturated rings. The molecule has 1 aliphatic heterocycles. The van der Waals surface area contributed by atoms with Crippen molar-refractivity contribution in [1.29, 1.82) is 0 Å². The van der Waals surface area contributed by atoms with Crippen LogP contribution in [0.4, 0.5) is 10.7 Å². The lowest BCUT2D eigenvalue weighted by Gasteiger charge is -2.15. The molecule has 6 nitrogen and oxygen atoms in total. The maximum atomic E-state index is 12.5. The molecule has 1 aromatic heterocycles. The standard InChI is InChI=1S/C23H27N3O3S2/c1-29-22(28)19-17-7-3-2-4-8-18(17)31-20(19)25-23(30)24-16-11-9-15(10-12-16)21(27)26-13-5-6-14-26/h9-12H,2-8,13-14H2,1H3,(H2,24,25,30). The van der Waals surface area contributed by atoms with E-state index in [0.717, 1.165) is 67.9 Å². The highest BCUT2D eigenvalue weighted by Gasteiger charge is 2.26. The number of hydrogen-bond donors (Lipinski definition) is 2. The number of esters is 1. The van der Waals surface area contributed by atoms with E-state index in [9.17, 15) is 9.59 Å². The smallest absolute Gasteiger partial charge is 0.341 e. The summed E-state index contributed by atoms with van der Waals surface area (Å²) in [6.45, 7) is 1.67. The van der Waals surface area contributed by atoms with E-state index >= 15 is 0 Å². The Morgan fingerprint density at radius 3 is 2.42 bits per heavy atom. The summed E-state index contributed by atoms with van der Waals surface area (Å²) in [5, 5.41) is 7.49. The largest absolute Gasteiger partial charge is 0.465 e. The van der Waals surface area contributed by atoms with E-state index in [1.165, 1.54) is 18.4 Å². The SMILES string of the molecule is COC(=O)c1c(NC(=S)Nc2ccc(C(=O)N3CCCC3)cc2)sc2c1CCCCC2. The Labute approximate surface area is 192 Å². The van der Waals surface area contributed by atoms with Crippen molar-refractivity contribution in [2.75, 3.05) is 30.8 Å². The maximum Gasteiger partial charge on any atom is 0.341 e. The molecule has 2 heterocycles. The molecule has 1 saturated heterocycles. The van der Waals surface area contributed by atoms with Crippen LogP contribution in [0.5, 0.6) is 0 Å². The summed E-state index contributed by atoms with van der Waals surface area (Å²) in [6.07, 6.45) is 7.43. The molecule has 2 aromatic rings. The third kappa shape index (κ3) is 4.91. The van der Waals surface area contributed by atoms with Crippen LogP contribution in [0.3, 0.4) is 0 Å². The Morgan fingerprint density at radius 1 is 1.00 bits per heavy atom. The van der Waals surface area contributed by atoms with Crippen molar-refractivity contribution in [3.8, 4) is 0 Å². The number of anilines is 2. The third-order valence-corrected chi connectivity index (χ3v) is 7.23. The van der Waals surface area contributed by atoms with Crippen molar-refractivity contribution in [1.82, 2.24) is 4.90 Å². The zero-order chi connectivity index (χ0) is 21.8. The van der Waals surface area contributed by atoms with Crippen molar-refractivity contribution in [2.45, 2.75) is 44.9 Å². The second-order valence-corrected chi connectivity index (χ2v) is 9.43. The first-order chi connectivity index (χ1) is 15.1. The van der Waals surface area contributed by atoms with Gasteiger partial charge in [0, 0.05) is 29.2 Å². The van der Waals surface area contributed by atoms with E-state index in [1.807, 2.05) is 29.2 Å². The van der Waals surface area contributed by atoms with Gasteiger partial charge in [-0.05, 0) is 80.6 Å². The molecule has 2 N–H and O–H groups in total. The number of amides is 1. The minimum absolute atomic E-state index is 0.0764. The molecule has 1 amide bonds. The molecular weight excluding hydrogens is 430 g/mol. The summed E-state index contributed by atoms with van der Waals surface area (Å²) in [6, 6.07) is 7.34. The molecule has 0 radical (unpaired) electrons.